The van der Waals surface area contributed by atoms with Gasteiger partial charge in [0.15, 0.2) is 0 Å². The Morgan fingerprint density at radius 3 is 2.62 bits per heavy atom. The summed E-state index contributed by atoms with van der Waals surface area (Å²) in [6.45, 7) is 8.86. The van der Waals surface area contributed by atoms with Crippen molar-refractivity contribution in [2.75, 3.05) is 6.61 Å². The second-order valence-corrected chi connectivity index (χ2v) is 7.94. The van der Waals surface area contributed by atoms with E-state index in [1.165, 1.54) is 10.6 Å². The lowest BCUT2D eigenvalue weighted by molar-refractivity contribution is -0.165. The molecule has 4 nitrogen and oxygen atoms in total. The van der Waals surface area contributed by atoms with Crippen molar-refractivity contribution >= 4 is 21.8 Å². The largest absolute Gasteiger partial charge is 0.487 e. The molecule has 1 fully saturated rings. The van der Waals surface area contributed by atoms with E-state index in [0.29, 0.717) is 13.2 Å². The SMILES string of the molecule is CC1(C)Cc2cc(CN3OCC(C)(C)C3=O)c(Br)cc2O1. The second kappa shape index (κ2) is 4.71. The van der Waals surface area contributed by atoms with Gasteiger partial charge in [-0.1, -0.05) is 15.9 Å². The molecule has 2 aliphatic rings. The van der Waals surface area contributed by atoms with Crippen molar-refractivity contribution in [1.82, 2.24) is 5.06 Å². The maximum atomic E-state index is 12.2. The van der Waals surface area contributed by atoms with E-state index >= 15 is 0 Å². The van der Waals surface area contributed by atoms with Gasteiger partial charge in [-0.25, -0.2) is 5.06 Å². The van der Waals surface area contributed by atoms with Crippen molar-refractivity contribution in [3.05, 3.63) is 27.7 Å². The van der Waals surface area contributed by atoms with E-state index in [1.54, 1.807) is 0 Å². The molecule has 0 saturated carbocycles. The Morgan fingerprint density at radius 1 is 1.29 bits per heavy atom. The molecule has 5 heteroatoms. The van der Waals surface area contributed by atoms with Gasteiger partial charge in [0.25, 0.3) is 5.91 Å². The van der Waals surface area contributed by atoms with Gasteiger partial charge < -0.3 is 4.74 Å². The second-order valence-electron chi connectivity index (χ2n) is 7.09. The molecule has 0 spiro atoms. The van der Waals surface area contributed by atoms with Crippen molar-refractivity contribution in [3.63, 3.8) is 0 Å². The molecule has 0 bridgehead atoms. The molecule has 114 valence electrons. The van der Waals surface area contributed by atoms with Crippen LogP contribution < -0.4 is 4.74 Å². The predicted molar refractivity (Wildman–Crippen MR) is 82.8 cm³/mol. The lowest BCUT2D eigenvalue weighted by atomic mass is 9.95. The van der Waals surface area contributed by atoms with E-state index < -0.39 is 5.41 Å². The number of amides is 1. The van der Waals surface area contributed by atoms with Gasteiger partial charge in [-0.05, 0) is 51.0 Å². The minimum absolute atomic E-state index is 0.0338. The number of nitrogens with zero attached hydrogens (tertiary/aromatic N) is 1. The number of ether oxygens (including phenoxy) is 1. The molecule has 0 aliphatic carbocycles. The first kappa shape index (κ1) is 14.9. The Labute approximate surface area is 133 Å². The lowest BCUT2D eigenvalue weighted by Gasteiger charge is -2.18. The van der Waals surface area contributed by atoms with E-state index in [4.69, 9.17) is 9.57 Å². The molecule has 0 N–H and O–H groups in total. The fourth-order valence-corrected chi connectivity index (χ4v) is 3.21. The third kappa shape index (κ3) is 2.69. The molecular weight excluding hydrogens is 334 g/mol. The van der Waals surface area contributed by atoms with E-state index in [2.05, 4.69) is 35.8 Å². The molecule has 0 atom stereocenters. The number of hydrogen-bond donors (Lipinski definition) is 0. The number of hydrogen-bond acceptors (Lipinski definition) is 3. The number of benzene rings is 1. The molecule has 1 aromatic rings. The van der Waals surface area contributed by atoms with Crippen molar-refractivity contribution in [2.24, 2.45) is 5.41 Å². The molecule has 0 unspecified atom stereocenters. The van der Waals surface area contributed by atoms with Crippen molar-refractivity contribution in [3.8, 4) is 5.75 Å². The molecule has 0 radical (unpaired) electrons. The van der Waals surface area contributed by atoms with Crippen LogP contribution in [0.4, 0.5) is 0 Å². The van der Waals surface area contributed by atoms with E-state index in [-0.39, 0.29) is 11.5 Å². The number of halogens is 1. The van der Waals surface area contributed by atoms with Gasteiger partial charge in [-0.3, -0.25) is 9.63 Å². The summed E-state index contributed by atoms with van der Waals surface area (Å²) >= 11 is 3.57. The highest BCUT2D eigenvalue weighted by Crippen LogP contribution is 2.39. The maximum absolute atomic E-state index is 12.2. The number of carbonyl (C=O) groups is 1. The molecule has 21 heavy (non-hydrogen) atoms. The lowest BCUT2D eigenvalue weighted by Crippen LogP contribution is -2.30. The third-order valence-electron chi connectivity index (χ3n) is 3.93. The van der Waals surface area contributed by atoms with Gasteiger partial charge in [0.1, 0.15) is 11.4 Å². The van der Waals surface area contributed by atoms with E-state index in [9.17, 15) is 4.79 Å². The van der Waals surface area contributed by atoms with Crippen molar-refractivity contribution < 1.29 is 14.4 Å². The van der Waals surface area contributed by atoms with Crippen LogP contribution >= 0.6 is 15.9 Å². The van der Waals surface area contributed by atoms with Crippen LogP contribution in [-0.4, -0.2) is 23.2 Å². The summed E-state index contributed by atoms with van der Waals surface area (Å²) < 4.78 is 6.86. The summed E-state index contributed by atoms with van der Waals surface area (Å²) in [5.41, 5.74) is 1.63. The predicted octanol–water partition coefficient (Wildman–Crippen LogP) is 3.46. The van der Waals surface area contributed by atoms with Gasteiger partial charge in [-0.2, -0.15) is 0 Å². The summed E-state index contributed by atoms with van der Waals surface area (Å²) in [7, 11) is 0. The minimum Gasteiger partial charge on any atom is -0.487 e. The molecule has 2 aliphatic heterocycles. The highest BCUT2D eigenvalue weighted by molar-refractivity contribution is 9.10. The van der Waals surface area contributed by atoms with Crippen LogP contribution in [0, 0.1) is 5.41 Å². The zero-order valence-electron chi connectivity index (χ0n) is 12.8. The average molecular weight is 354 g/mol. The molecule has 3 rings (SSSR count). The molecule has 1 amide bonds. The highest BCUT2D eigenvalue weighted by atomic mass is 79.9. The normalized spacial score (nSPS) is 22.3. The van der Waals surface area contributed by atoms with Crippen LogP contribution in [0.3, 0.4) is 0 Å². The Hall–Kier alpha value is -1.07. The van der Waals surface area contributed by atoms with Gasteiger partial charge in [0.2, 0.25) is 0 Å². The Bertz CT molecular complexity index is 610. The number of rotatable bonds is 2. The first-order valence-electron chi connectivity index (χ1n) is 7.13. The smallest absolute Gasteiger partial charge is 0.254 e. The monoisotopic (exact) mass is 353 g/mol. The van der Waals surface area contributed by atoms with Crippen LogP contribution in [0.1, 0.15) is 38.8 Å². The number of carbonyl (C=O) groups excluding carboxylic acids is 1. The first-order valence-corrected chi connectivity index (χ1v) is 7.92. The minimum atomic E-state index is -0.436. The van der Waals surface area contributed by atoms with Crippen LogP contribution in [0.2, 0.25) is 0 Å². The summed E-state index contributed by atoms with van der Waals surface area (Å²) in [6, 6.07) is 4.10. The van der Waals surface area contributed by atoms with Crippen LogP contribution in [0.5, 0.6) is 5.75 Å². The zero-order chi connectivity index (χ0) is 15.4. The van der Waals surface area contributed by atoms with Gasteiger partial charge in [-0.15, -0.1) is 0 Å². The Balaban J connectivity index is 1.84. The van der Waals surface area contributed by atoms with E-state index in [1.807, 2.05) is 19.9 Å². The number of hydroxylamine groups is 2. The first-order chi connectivity index (χ1) is 9.68. The van der Waals surface area contributed by atoms with E-state index in [0.717, 1.165) is 22.2 Å². The maximum Gasteiger partial charge on any atom is 0.254 e. The fourth-order valence-electron chi connectivity index (χ4n) is 2.77. The fraction of sp³-hybridized carbons (Fsp3) is 0.562. The van der Waals surface area contributed by atoms with Crippen LogP contribution in [0.25, 0.3) is 0 Å². The summed E-state index contributed by atoms with van der Waals surface area (Å²) in [6.07, 6.45) is 0.878. The third-order valence-corrected chi connectivity index (χ3v) is 4.67. The summed E-state index contributed by atoms with van der Waals surface area (Å²) in [5.74, 6) is 0.955. The zero-order valence-corrected chi connectivity index (χ0v) is 14.4. The van der Waals surface area contributed by atoms with Gasteiger partial charge in [0.05, 0.1) is 18.6 Å². The van der Waals surface area contributed by atoms with Crippen LogP contribution in [-0.2, 0) is 22.6 Å². The summed E-state index contributed by atoms with van der Waals surface area (Å²) in [5, 5.41) is 1.47. The van der Waals surface area contributed by atoms with Crippen LogP contribution in [0.15, 0.2) is 16.6 Å². The van der Waals surface area contributed by atoms with Crippen molar-refractivity contribution in [1.29, 1.82) is 0 Å². The van der Waals surface area contributed by atoms with Crippen molar-refractivity contribution in [2.45, 2.75) is 46.3 Å². The molecule has 1 saturated heterocycles. The molecule has 0 aromatic heterocycles. The van der Waals surface area contributed by atoms with Gasteiger partial charge >= 0.3 is 0 Å². The standard InChI is InChI=1S/C16H20BrNO3/c1-15(2)9-20-18(14(15)19)8-11-5-10-7-16(3,4)21-13(10)6-12(11)17/h5-6H,7-9H2,1-4H3. The quantitative estimate of drug-likeness (QED) is 0.817. The number of fused-ring (bicyclic) bond motifs is 1. The van der Waals surface area contributed by atoms with Gasteiger partial charge in [0, 0.05) is 10.9 Å². The average Bonchev–Trinajstić information content (AvgIpc) is 2.78. The molecule has 2 heterocycles. The Kier molecular flexibility index (Phi) is 3.33. The summed E-state index contributed by atoms with van der Waals surface area (Å²) in [4.78, 5) is 17.8. The highest BCUT2D eigenvalue weighted by Gasteiger charge is 2.40. The Morgan fingerprint density at radius 2 is 2.00 bits per heavy atom. The molecule has 1 aromatic carbocycles. The molecular formula is C16H20BrNO3. The topological polar surface area (TPSA) is 38.8 Å².